The lowest BCUT2D eigenvalue weighted by Gasteiger charge is -2.22. The molecule has 3 heteroatoms. The van der Waals surface area contributed by atoms with E-state index in [-0.39, 0.29) is 0 Å². The Morgan fingerprint density at radius 1 is 1.00 bits per heavy atom. The monoisotopic (exact) mass is 286 g/mol. The third-order valence-corrected chi connectivity index (χ3v) is 5.86. The number of sulfone groups is 1. The van der Waals surface area contributed by atoms with E-state index in [9.17, 15) is 8.42 Å². The minimum Gasteiger partial charge on any atom is -0.219 e. The van der Waals surface area contributed by atoms with Crippen LogP contribution in [-0.2, 0) is 16.3 Å². The van der Waals surface area contributed by atoms with Gasteiger partial charge in [0.25, 0.3) is 0 Å². The lowest BCUT2D eigenvalue weighted by atomic mass is 9.84. The highest BCUT2D eigenvalue weighted by molar-refractivity contribution is 7.91. The first-order valence-corrected chi connectivity index (χ1v) is 8.50. The van der Waals surface area contributed by atoms with Gasteiger partial charge in [0.2, 0.25) is 9.84 Å². The minimum atomic E-state index is -3.39. The van der Waals surface area contributed by atoms with Crippen molar-refractivity contribution in [2.75, 3.05) is 0 Å². The predicted molar refractivity (Wildman–Crippen MR) is 79.7 cm³/mol. The van der Waals surface area contributed by atoms with Crippen molar-refractivity contribution in [3.05, 3.63) is 59.7 Å². The summed E-state index contributed by atoms with van der Waals surface area (Å²) in [5, 5.41) is 0. The van der Waals surface area contributed by atoms with Crippen LogP contribution in [0.15, 0.2) is 58.3 Å². The third kappa shape index (κ3) is 2.27. The molecule has 0 N–H and O–H groups in total. The zero-order valence-electron chi connectivity index (χ0n) is 11.5. The molecule has 1 aliphatic carbocycles. The standard InChI is InChI=1S/C17H18O2S/c1-13-6-5-7-14-12-16(10-11-17(13)14)20(18,19)15-8-3-2-4-9-15/h2-4,8-13H,5-7H2,1H3/t13-/m1/s1. The molecule has 0 amide bonds. The number of hydrogen-bond acceptors (Lipinski definition) is 2. The van der Waals surface area contributed by atoms with Gasteiger partial charge in [-0.15, -0.1) is 0 Å². The van der Waals surface area contributed by atoms with Gasteiger partial charge in [-0.05, 0) is 60.6 Å². The predicted octanol–water partition coefficient (Wildman–Crippen LogP) is 3.96. The highest BCUT2D eigenvalue weighted by Gasteiger charge is 2.21. The summed E-state index contributed by atoms with van der Waals surface area (Å²) in [5.41, 5.74) is 2.50. The van der Waals surface area contributed by atoms with Gasteiger partial charge < -0.3 is 0 Å². The summed E-state index contributed by atoms with van der Waals surface area (Å²) < 4.78 is 25.2. The van der Waals surface area contributed by atoms with Crippen molar-refractivity contribution in [3.63, 3.8) is 0 Å². The molecule has 20 heavy (non-hydrogen) atoms. The number of aryl methyl sites for hydroxylation is 1. The second-order valence-electron chi connectivity index (χ2n) is 5.47. The van der Waals surface area contributed by atoms with Crippen LogP contribution in [0.1, 0.15) is 36.8 Å². The Morgan fingerprint density at radius 3 is 2.50 bits per heavy atom. The molecular weight excluding hydrogens is 268 g/mol. The number of fused-ring (bicyclic) bond motifs is 1. The maximum atomic E-state index is 12.6. The van der Waals surface area contributed by atoms with Crippen LogP contribution >= 0.6 is 0 Å². The van der Waals surface area contributed by atoms with E-state index in [0.29, 0.717) is 15.7 Å². The third-order valence-electron chi connectivity index (χ3n) is 4.09. The fraction of sp³-hybridized carbons (Fsp3) is 0.294. The van der Waals surface area contributed by atoms with Crippen LogP contribution in [0.4, 0.5) is 0 Å². The van der Waals surface area contributed by atoms with Gasteiger partial charge in [-0.25, -0.2) is 8.42 Å². The van der Waals surface area contributed by atoms with E-state index < -0.39 is 9.84 Å². The summed E-state index contributed by atoms with van der Waals surface area (Å²) in [6.45, 7) is 2.21. The zero-order valence-corrected chi connectivity index (χ0v) is 12.4. The summed E-state index contributed by atoms with van der Waals surface area (Å²) in [4.78, 5) is 0.778. The van der Waals surface area contributed by atoms with E-state index in [1.807, 2.05) is 18.2 Å². The van der Waals surface area contributed by atoms with Crippen molar-refractivity contribution >= 4 is 9.84 Å². The molecule has 0 saturated heterocycles. The van der Waals surface area contributed by atoms with Crippen molar-refractivity contribution in [2.45, 2.75) is 41.9 Å². The number of hydrogen-bond donors (Lipinski definition) is 0. The van der Waals surface area contributed by atoms with Gasteiger partial charge in [-0.2, -0.15) is 0 Å². The van der Waals surface area contributed by atoms with Crippen molar-refractivity contribution in [1.29, 1.82) is 0 Å². The first kappa shape index (κ1) is 13.4. The SMILES string of the molecule is C[C@@H]1CCCc2cc(S(=O)(=O)c3ccccc3)ccc21. The second-order valence-corrected chi connectivity index (χ2v) is 7.42. The number of benzene rings is 2. The van der Waals surface area contributed by atoms with Crippen LogP contribution in [0.2, 0.25) is 0 Å². The Labute approximate surface area is 120 Å². The highest BCUT2D eigenvalue weighted by Crippen LogP contribution is 2.33. The molecule has 0 saturated carbocycles. The molecule has 104 valence electrons. The van der Waals surface area contributed by atoms with Crippen LogP contribution in [0.5, 0.6) is 0 Å². The van der Waals surface area contributed by atoms with E-state index >= 15 is 0 Å². The quantitative estimate of drug-likeness (QED) is 0.837. The van der Waals surface area contributed by atoms with Gasteiger partial charge in [-0.3, -0.25) is 0 Å². The average Bonchev–Trinajstić information content (AvgIpc) is 2.48. The smallest absolute Gasteiger partial charge is 0.206 e. The van der Waals surface area contributed by atoms with E-state index in [4.69, 9.17) is 0 Å². The van der Waals surface area contributed by atoms with Crippen molar-refractivity contribution in [2.24, 2.45) is 0 Å². The summed E-state index contributed by atoms with van der Waals surface area (Å²) >= 11 is 0. The largest absolute Gasteiger partial charge is 0.219 e. The maximum absolute atomic E-state index is 12.6. The molecule has 0 fully saturated rings. The zero-order chi connectivity index (χ0) is 14.2. The van der Waals surface area contributed by atoms with Gasteiger partial charge in [0.1, 0.15) is 0 Å². The first-order chi connectivity index (χ1) is 9.59. The molecule has 0 aromatic heterocycles. The van der Waals surface area contributed by atoms with Crippen LogP contribution in [0.25, 0.3) is 0 Å². The second kappa shape index (κ2) is 5.06. The van der Waals surface area contributed by atoms with Gasteiger partial charge in [-0.1, -0.05) is 31.2 Å². The molecule has 3 rings (SSSR count). The van der Waals surface area contributed by atoms with Crippen molar-refractivity contribution in [3.8, 4) is 0 Å². The fourth-order valence-corrected chi connectivity index (χ4v) is 4.27. The lowest BCUT2D eigenvalue weighted by Crippen LogP contribution is -2.09. The maximum Gasteiger partial charge on any atom is 0.206 e. The molecule has 2 nitrogen and oxygen atoms in total. The van der Waals surface area contributed by atoms with Crippen LogP contribution in [0, 0.1) is 0 Å². The first-order valence-electron chi connectivity index (χ1n) is 7.02. The minimum absolute atomic E-state index is 0.365. The Hall–Kier alpha value is -1.61. The molecule has 2 aromatic carbocycles. The average molecular weight is 286 g/mol. The van der Waals surface area contributed by atoms with Gasteiger partial charge in [0.05, 0.1) is 9.79 Å². The highest BCUT2D eigenvalue weighted by atomic mass is 32.2. The molecule has 0 unspecified atom stereocenters. The lowest BCUT2D eigenvalue weighted by molar-refractivity contribution is 0.584. The molecule has 0 aliphatic heterocycles. The normalized spacial score (nSPS) is 18.6. The molecule has 0 spiro atoms. The Balaban J connectivity index is 2.08. The Kier molecular flexibility index (Phi) is 3.38. The Morgan fingerprint density at radius 2 is 1.75 bits per heavy atom. The van der Waals surface area contributed by atoms with Crippen LogP contribution in [-0.4, -0.2) is 8.42 Å². The van der Waals surface area contributed by atoms with Crippen molar-refractivity contribution < 1.29 is 8.42 Å². The van der Waals surface area contributed by atoms with Crippen molar-refractivity contribution in [1.82, 2.24) is 0 Å². The molecule has 1 atom stereocenters. The summed E-state index contributed by atoms with van der Waals surface area (Å²) in [6.07, 6.45) is 3.32. The Bertz CT molecular complexity index is 718. The van der Waals surface area contributed by atoms with E-state index in [2.05, 4.69) is 6.92 Å². The molecule has 0 radical (unpaired) electrons. The van der Waals surface area contributed by atoms with Crippen LogP contribution in [0.3, 0.4) is 0 Å². The molecule has 0 heterocycles. The van der Waals surface area contributed by atoms with Gasteiger partial charge in [0.15, 0.2) is 0 Å². The van der Waals surface area contributed by atoms with Gasteiger partial charge >= 0.3 is 0 Å². The topological polar surface area (TPSA) is 34.1 Å². The molecular formula is C17H18O2S. The molecule has 0 bridgehead atoms. The summed E-state index contributed by atoms with van der Waals surface area (Å²) in [5.74, 6) is 0.534. The molecule has 1 aliphatic rings. The fourth-order valence-electron chi connectivity index (χ4n) is 2.94. The van der Waals surface area contributed by atoms with E-state index in [1.165, 1.54) is 17.5 Å². The molecule has 2 aromatic rings. The van der Waals surface area contributed by atoms with Gasteiger partial charge in [0, 0.05) is 0 Å². The summed E-state index contributed by atoms with van der Waals surface area (Å²) in [7, 11) is -3.39. The van der Waals surface area contributed by atoms with Crippen LogP contribution < -0.4 is 0 Å². The number of rotatable bonds is 2. The summed E-state index contributed by atoms with van der Waals surface area (Å²) in [6, 6.07) is 14.3. The van der Waals surface area contributed by atoms with E-state index in [1.54, 1.807) is 30.3 Å². The van der Waals surface area contributed by atoms with E-state index in [0.717, 1.165) is 12.8 Å².